The number of hydrogen-bond acceptors (Lipinski definition) is 3. The van der Waals surface area contributed by atoms with Crippen molar-refractivity contribution in [2.24, 2.45) is 0 Å². The molecule has 1 N–H and O–H groups in total. The van der Waals surface area contributed by atoms with E-state index in [0.29, 0.717) is 0 Å². The van der Waals surface area contributed by atoms with Crippen molar-refractivity contribution in [2.75, 3.05) is 22.4 Å². The fraction of sp³-hybridized carbons (Fsp3) is 0.235. The van der Waals surface area contributed by atoms with Crippen molar-refractivity contribution in [1.82, 2.24) is 0 Å². The second kappa shape index (κ2) is 8.06. The summed E-state index contributed by atoms with van der Waals surface area (Å²) in [6.07, 6.45) is 1.09. The number of carbonyl (C=O) groups is 1. The number of nitrogens with zero attached hydrogens (tertiary/aromatic N) is 1. The standard InChI is InChI=1S/C17H18F2N2O3S/c1-25(23,24)21(16-10-5-3-8-14(16)19)12-6-11-17(22)20-15-9-4-2-7-13(15)18/h2-5,7-10H,6,11-12H2,1H3,(H,20,22). The van der Waals surface area contributed by atoms with E-state index in [4.69, 9.17) is 0 Å². The molecule has 0 bridgehead atoms. The molecule has 2 rings (SSSR count). The molecular weight excluding hydrogens is 350 g/mol. The van der Waals surface area contributed by atoms with Crippen LogP contribution in [0.15, 0.2) is 48.5 Å². The van der Waals surface area contributed by atoms with Crippen LogP contribution in [-0.2, 0) is 14.8 Å². The summed E-state index contributed by atoms with van der Waals surface area (Å²) < 4.78 is 52.1. The molecule has 0 saturated carbocycles. The van der Waals surface area contributed by atoms with E-state index in [2.05, 4.69) is 5.32 Å². The molecule has 1 amide bonds. The van der Waals surface area contributed by atoms with E-state index in [-0.39, 0.29) is 30.8 Å². The third-order valence-corrected chi connectivity index (χ3v) is 4.61. The largest absolute Gasteiger partial charge is 0.324 e. The number of nitrogens with one attached hydrogen (secondary N) is 1. The zero-order valence-corrected chi connectivity index (χ0v) is 14.4. The second-order valence-electron chi connectivity index (χ2n) is 5.42. The summed E-state index contributed by atoms with van der Waals surface area (Å²) in [5.74, 6) is -1.67. The van der Waals surface area contributed by atoms with Gasteiger partial charge < -0.3 is 5.32 Å². The number of carbonyl (C=O) groups excluding carboxylic acids is 1. The summed E-state index contributed by atoms with van der Waals surface area (Å²) in [5.41, 5.74) is -0.0129. The van der Waals surface area contributed by atoms with Crippen molar-refractivity contribution in [1.29, 1.82) is 0 Å². The average Bonchev–Trinajstić information content (AvgIpc) is 2.54. The van der Waals surface area contributed by atoms with Gasteiger partial charge in [-0.1, -0.05) is 24.3 Å². The highest BCUT2D eigenvalue weighted by molar-refractivity contribution is 7.92. The quantitative estimate of drug-likeness (QED) is 0.816. The van der Waals surface area contributed by atoms with Crippen molar-refractivity contribution in [3.05, 3.63) is 60.2 Å². The third-order valence-electron chi connectivity index (χ3n) is 3.43. The molecule has 0 atom stereocenters. The van der Waals surface area contributed by atoms with E-state index in [1.54, 1.807) is 6.07 Å². The molecule has 0 saturated heterocycles. The van der Waals surface area contributed by atoms with Gasteiger partial charge in [-0.15, -0.1) is 0 Å². The van der Waals surface area contributed by atoms with Gasteiger partial charge in [0.2, 0.25) is 15.9 Å². The summed E-state index contributed by atoms with van der Waals surface area (Å²) in [6, 6.07) is 11.2. The molecule has 5 nitrogen and oxygen atoms in total. The van der Waals surface area contributed by atoms with Gasteiger partial charge in [-0.3, -0.25) is 9.10 Å². The fourth-order valence-corrected chi connectivity index (χ4v) is 3.24. The number of benzene rings is 2. The predicted molar refractivity (Wildman–Crippen MR) is 92.9 cm³/mol. The van der Waals surface area contributed by atoms with Crippen LogP contribution in [0.4, 0.5) is 20.2 Å². The molecule has 0 aromatic heterocycles. The van der Waals surface area contributed by atoms with Crippen LogP contribution >= 0.6 is 0 Å². The highest BCUT2D eigenvalue weighted by Gasteiger charge is 2.20. The maximum absolute atomic E-state index is 13.9. The van der Waals surface area contributed by atoms with Crippen molar-refractivity contribution < 1.29 is 22.0 Å². The molecule has 2 aromatic rings. The monoisotopic (exact) mass is 368 g/mol. The van der Waals surface area contributed by atoms with Gasteiger partial charge in [0.15, 0.2) is 0 Å². The lowest BCUT2D eigenvalue weighted by atomic mass is 10.2. The van der Waals surface area contributed by atoms with E-state index >= 15 is 0 Å². The number of para-hydroxylation sites is 2. The molecule has 0 unspecified atom stereocenters. The smallest absolute Gasteiger partial charge is 0.232 e. The van der Waals surface area contributed by atoms with Gasteiger partial charge >= 0.3 is 0 Å². The molecule has 8 heteroatoms. The average molecular weight is 368 g/mol. The maximum Gasteiger partial charge on any atom is 0.232 e. The summed E-state index contributed by atoms with van der Waals surface area (Å²) in [5, 5.41) is 2.42. The number of rotatable bonds is 7. The molecule has 0 fully saturated rings. The van der Waals surface area contributed by atoms with Crippen molar-refractivity contribution in [3.63, 3.8) is 0 Å². The molecule has 0 radical (unpaired) electrons. The Morgan fingerprint density at radius 2 is 1.64 bits per heavy atom. The Morgan fingerprint density at radius 1 is 1.04 bits per heavy atom. The van der Waals surface area contributed by atoms with Gasteiger partial charge in [0, 0.05) is 13.0 Å². The number of halogens is 2. The first kappa shape index (κ1) is 18.9. The van der Waals surface area contributed by atoms with Crippen LogP contribution in [0.3, 0.4) is 0 Å². The molecular formula is C17H18F2N2O3S. The molecule has 0 heterocycles. The zero-order chi connectivity index (χ0) is 18.4. The van der Waals surface area contributed by atoms with Crippen LogP contribution in [0.5, 0.6) is 0 Å². The Kier molecular flexibility index (Phi) is 6.08. The van der Waals surface area contributed by atoms with Crippen LogP contribution in [0, 0.1) is 11.6 Å². The normalized spacial score (nSPS) is 11.2. The highest BCUT2D eigenvalue weighted by atomic mass is 32.2. The van der Waals surface area contributed by atoms with Crippen molar-refractivity contribution in [3.8, 4) is 0 Å². The lowest BCUT2D eigenvalue weighted by molar-refractivity contribution is -0.116. The van der Waals surface area contributed by atoms with E-state index < -0.39 is 27.6 Å². The predicted octanol–water partition coefficient (Wildman–Crippen LogP) is 3.15. The lowest BCUT2D eigenvalue weighted by Gasteiger charge is -2.22. The second-order valence-corrected chi connectivity index (χ2v) is 7.32. The molecule has 0 aliphatic heterocycles. The minimum absolute atomic E-state index is 0.0329. The van der Waals surface area contributed by atoms with E-state index in [1.807, 2.05) is 0 Å². The van der Waals surface area contributed by atoms with Crippen molar-refractivity contribution >= 4 is 27.3 Å². The van der Waals surface area contributed by atoms with E-state index in [0.717, 1.165) is 10.6 Å². The fourth-order valence-electron chi connectivity index (χ4n) is 2.28. The Hall–Kier alpha value is -2.48. The van der Waals surface area contributed by atoms with Gasteiger partial charge in [0.05, 0.1) is 17.6 Å². The number of sulfonamides is 1. The van der Waals surface area contributed by atoms with E-state index in [1.165, 1.54) is 42.5 Å². The maximum atomic E-state index is 13.9. The van der Waals surface area contributed by atoms with Gasteiger partial charge in [-0.2, -0.15) is 0 Å². The van der Waals surface area contributed by atoms with Gasteiger partial charge in [-0.05, 0) is 30.7 Å². The van der Waals surface area contributed by atoms with Crippen LogP contribution in [0.1, 0.15) is 12.8 Å². The van der Waals surface area contributed by atoms with Crippen LogP contribution in [-0.4, -0.2) is 27.1 Å². The van der Waals surface area contributed by atoms with Crippen molar-refractivity contribution in [2.45, 2.75) is 12.8 Å². The Morgan fingerprint density at radius 3 is 2.24 bits per heavy atom. The number of anilines is 2. The first-order valence-corrected chi connectivity index (χ1v) is 9.40. The third kappa shape index (κ3) is 5.25. The Balaban J connectivity index is 1.99. The summed E-state index contributed by atoms with van der Waals surface area (Å²) in [7, 11) is -3.70. The van der Waals surface area contributed by atoms with Crippen LogP contribution in [0.25, 0.3) is 0 Å². The minimum Gasteiger partial charge on any atom is -0.324 e. The highest BCUT2D eigenvalue weighted by Crippen LogP contribution is 2.22. The van der Waals surface area contributed by atoms with Gasteiger partial charge in [-0.25, -0.2) is 17.2 Å². The van der Waals surface area contributed by atoms with Crippen LogP contribution in [0.2, 0.25) is 0 Å². The number of amides is 1. The molecule has 0 spiro atoms. The molecule has 0 aliphatic rings. The molecule has 0 aliphatic carbocycles. The SMILES string of the molecule is CS(=O)(=O)N(CCCC(=O)Nc1ccccc1F)c1ccccc1F. The topological polar surface area (TPSA) is 66.5 Å². The molecule has 2 aromatic carbocycles. The summed E-state index contributed by atoms with van der Waals surface area (Å²) >= 11 is 0. The molecule has 134 valence electrons. The lowest BCUT2D eigenvalue weighted by Crippen LogP contribution is -2.32. The first-order valence-electron chi connectivity index (χ1n) is 7.55. The van der Waals surface area contributed by atoms with E-state index in [9.17, 15) is 22.0 Å². The Labute approximate surface area is 145 Å². The minimum atomic E-state index is -3.70. The van der Waals surface area contributed by atoms with Gasteiger partial charge in [0.25, 0.3) is 0 Å². The molecule has 25 heavy (non-hydrogen) atoms. The zero-order valence-electron chi connectivity index (χ0n) is 13.6. The first-order chi connectivity index (χ1) is 11.8. The van der Waals surface area contributed by atoms with Gasteiger partial charge in [0.1, 0.15) is 11.6 Å². The summed E-state index contributed by atoms with van der Waals surface area (Å²) in [6.45, 7) is -0.0650. The Bertz CT molecular complexity index is 856. The summed E-state index contributed by atoms with van der Waals surface area (Å²) in [4.78, 5) is 11.9. The van der Waals surface area contributed by atoms with Crippen LogP contribution < -0.4 is 9.62 Å². The number of hydrogen-bond donors (Lipinski definition) is 1.